The Balaban J connectivity index is 1.86. The van der Waals surface area contributed by atoms with Crippen LogP contribution in [0.15, 0.2) is 58.3 Å². The van der Waals surface area contributed by atoms with Gasteiger partial charge in [0.15, 0.2) is 0 Å². The molecule has 0 saturated heterocycles. The number of hydrogen-bond acceptors (Lipinski definition) is 2. The molecule has 0 fully saturated rings. The number of rotatable bonds is 1. The average Bonchev–Trinajstić information content (AvgIpc) is 2.99. The van der Waals surface area contributed by atoms with Crippen LogP contribution in [-0.2, 0) is 0 Å². The number of para-hydroxylation sites is 1. The van der Waals surface area contributed by atoms with Crippen molar-refractivity contribution in [2.45, 2.75) is 11.8 Å². The van der Waals surface area contributed by atoms with E-state index in [-0.39, 0.29) is 5.78 Å². The summed E-state index contributed by atoms with van der Waals surface area (Å²) in [7, 11) is 0. The number of aromatic nitrogens is 1. The summed E-state index contributed by atoms with van der Waals surface area (Å²) < 4.78 is 0. The number of carbonyl (C=O) groups excluding carboxylic acids is 1. The summed E-state index contributed by atoms with van der Waals surface area (Å²) in [6.45, 7) is 2.05. The number of benzene rings is 2. The Morgan fingerprint density at radius 1 is 1.05 bits per heavy atom. The average molecular weight is 291 g/mol. The summed E-state index contributed by atoms with van der Waals surface area (Å²) >= 11 is 1.56. The van der Waals surface area contributed by atoms with Crippen LogP contribution < -0.4 is 0 Å². The van der Waals surface area contributed by atoms with Gasteiger partial charge in [0.1, 0.15) is 0 Å². The molecule has 0 unspecified atom stereocenters. The molecule has 0 spiro atoms. The lowest BCUT2D eigenvalue weighted by atomic mass is 10.1. The van der Waals surface area contributed by atoms with Crippen molar-refractivity contribution in [3.63, 3.8) is 0 Å². The second-order valence-corrected chi connectivity index (χ2v) is 6.23. The number of H-pyrrole nitrogens is 1. The monoisotopic (exact) mass is 291 g/mol. The van der Waals surface area contributed by atoms with Gasteiger partial charge in [0, 0.05) is 32.6 Å². The van der Waals surface area contributed by atoms with Crippen LogP contribution in [0.5, 0.6) is 0 Å². The van der Waals surface area contributed by atoms with Crippen LogP contribution in [-0.4, -0.2) is 10.8 Å². The standard InChI is InChI=1S/C18H13NOS/c1-11-14(12-6-2-4-8-15(12)19-11)10-17-18(20)13-7-3-5-9-16(13)21-17/h2-10,19H,1H3/b17-10+. The maximum absolute atomic E-state index is 12.5. The zero-order chi connectivity index (χ0) is 14.4. The quantitative estimate of drug-likeness (QED) is 0.653. The Hall–Kier alpha value is -2.26. The minimum atomic E-state index is 0.125. The summed E-state index contributed by atoms with van der Waals surface area (Å²) in [5.41, 5.74) is 4.11. The second-order valence-electron chi connectivity index (χ2n) is 5.15. The molecule has 4 rings (SSSR count). The highest BCUT2D eigenvalue weighted by Gasteiger charge is 2.25. The summed E-state index contributed by atoms with van der Waals surface area (Å²) in [6, 6.07) is 16.0. The van der Waals surface area contributed by atoms with E-state index in [9.17, 15) is 4.79 Å². The van der Waals surface area contributed by atoms with Gasteiger partial charge in [0.2, 0.25) is 5.78 Å². The van der Waals surface area contributed by atoms with Crippen molar-refractivity contribution in [3.05, 3.63) is 70.3 Å². The number of hydrogen-bond donors (Lipinski definition) is 1. The first-order valence-electron chi connectivity index (χ1n) is 6.84. The van der Waals surface area contributed by atoms with E-state index in [0.29, 0.717) is 0 Å². The van der Waals surface area contributed by atoms with Gasteiger partial charge in [0.25, 0.3) is 0 Å². The number of fused-ring (bicyclic) bond motifs is 2. The number of nitrogens with one attached hydrogen (secondary N) is 1. The number of ketones is 1. The van der Waals surface area contributed by atoms with Gasteiger partial charge >= 0.3 is 0 Å². The highest BCUT2D eigenvalue weighted by Crippen LogP contribution is 2.41. The van der Waals surface area contributed by atoms with Crippen molar-refractivity contribution in [2.24, 2.45) is 0 Å². The topological polar surface area (TPSA) is 32.9 Å². The molecule has 102 valence electrons. The molecule has 1 aliphatic rings. The highest BCUT2D eigenvalue weighted by molar-refractivity contribution is 8.04. The predicted octanol–water partition coefficient (Wildman–Crippen LogP) is 4.81. The molecular formula is C18H13NOS. The van der Waals surface area contributed by atoms with Crippen LogP contribution in [0.4, 0.5) is 0 Å². The van der Waals surface area contributed by atoms with Crippen molar-refractivity contribution >= 4 is 34.5 Å². The lowest BCUT2D eigenvalue weighted by Gasteiger charge is -1.96. The van der Waals surface area contributed by atoms with E-state index in [0.717, 1.165) is 37.5 Å². The van der Waals surface area contributed by atoms with Gasteiger partial charge in [0.05, 0.1) is 4.91 Å². The van der Waals surface area contributed by atoms with Gasteiger partial charge in [-0.05, 0) is 31.2 Å². The molecule has 3 aromatic rings. The van der Waals surface area contributed by atoms with Crippen LogP contribution in [0.3, 0.4) is 0 Å². The third kappa shape index (κ3) is 1.93. The van der Waals surface area contributed by atoms with Gasteiger partial charge in [-0.25, -0.2) is 0 Å². The Bertz CT molecular complexity index is 904. The van der Waals surface area contributed by atoms with E-state index in [4.69, 9.17) is 0 Å². The molecule has 0 atom stereocenters. The molecule has 2 heterocycles. The summed E-state index contributed by atoms with van der Waals surface area (Å²) in [6.07, 6.45) is 2.02. The molecule has 0 amide bonds. The first kappa shape index (κ1) is 12.5. The fourth-order valence-electron chi connectivity index (χ4n) is 2.75. The minimum Gasteiger partial charge on any atom is -0.358 e. The van der Waals surface area contributed by atoms with Crippen LogP contribution in [0.1, 0.15) is 21.6 Å². The number of aromatic amines is 1. The first-order valence-corrected chi connectivity index (χ1v) is 7.66. The Morgan fingerprint density at radius 2 is 1.81 bits per heavy atom. The van der Waals surface area contributed by atoms with Crippen LogP contribution in [0.2, 0.25) is 0 Å². The predicted molar refractivity (Wildman–Crippen MR) is 87.6 cm³/mol. The van der Waals surface area contributed by atoms with E-state index < -0.39 is 0 Å². The van der Waals surface area contributed by atoms with Gasteiger partial charge in [-0.2, -0.15) is 0 Å². The molecule has 0 aliphatic carbocycles. The molecular weight excluding hydrogens is 278 g/mol. The fourth-order valence-corrected chi connectivity index (χ4v) is 3.78. The van der Waals surface area contributed by atoms with E-state index in [1.807, 2.05) is 49.4 Å². The number of carbonyl (C=O) groups is 1. The molecule has 21 heavy (non-hydrogen) atoms. The second kappa shape index (κ2) is 4.64. The molecule has 0 bridgehead atoms. The summed E-state index contributed by atoms with van der Waals surface area (Å²) in [5, 5.41) is 1.16. The molecule has 0 radical (unpaired) electrons. The lowest BCUT2D eigenvalue weighted by Crippen LogP contribution is -1.93. The Morgan fingerprint density at radius 3 is 2.67 bits per heavy atom. The number of thioether (sulfide) groups is 1. The van der Waals surface area contributed by atoms with Crippen LogP contribution in [0, 0.1) is 6.92 Å². The SMILES string of the molecule is Cc1[nH]c2ccccc2c1/C=C1/Sc2ccccc2C1=O. The molecule has 1 N–H and O–H groups in total. The lowest BCUT2D eigenvalue weighted by molar-refractivity contribution is 0.104. The van der Waals surface area contributed by atoms with E-state index in [1.165, 1.54) is 0 Å². The smallest absolute Gasteiger partial charge is 0.200 e. The van der Waals surface area contributed by atoms with Crippen molar-refractivity contribution < 1.29 is 4.79 Å². The zero-order valence-electron chi connectivity index (χ0n) is 11.5. The van der Waals surface area contributed by atoms with Gasteiger partial charge < -0.3 is 4.98 Å². The van der Waals surface area contributed by atoms with E-state index in [1.54, 1.807) is 11.8 Å². The van der Waals surface area contributed by atoms with Crippen molar-refractivity contribution in [1.29, 1.82) is 0 Å². The first-order chi connectivity index (χ1) is 10.2. The van der Waals surface area contributed by atoms with Crippen molar-refractivity contribution in [3.8, 4) is 0 Å². The third-order valence-corrected chi connectivity index (χ3v) is 4.89. The maximum atomic E-state index is 12.5. The van der Waals surface area contributed by atoms with Crippen LogP contribution >= 0.6 is 11.8 Å². The van der Waals surface area contributed by atoms with E-state index >= 15 is 0 Å². The molecule has 1 aromatic heterocycles. The summed E-state index contributed by atoms with van der Waals surface area (Å²) in [4.78, 5) is 17.7. The van der Waals surface area contributed by atoms with Crippen molar-refractivity contribution in [1.82, 2.24) is 4.98 Å². The van der Waals surface area contributed by atoms with Crippen molar-refractivity contribution in [2.75, 3.05) is 0 Å². The zero-order valence-corrected chi connectivity index (χ0v) is 12.3. The van der Waals surface area contributed by atoms with Gasteiger partial charge in [-0.3, -0.25) is 4.79 Å². The molecule has 2 nitrogen and oxygen atoms in total. The highest BCUT2D eigenvalue weighted by atomic mass is 32.2. The molecule has 1 aliphatic heterocycles. The van der Waals surface area contributed by atoms with Crippen LogP contribution in [0.25, 0.3) is 17.0 Å². The molecule has 2 aromatic carbocycles. The number of aryl methyl sites for hydroxylation is 1. The Labute approximate surface area is 126 Å². The van der Waals surface area contributed by atoms with Gasteiger partial charge in [-0.15, -0.1) is 0 Å². The largest absolute Gasteiger partial charge is 0.358 e. The molecule has 3 heteroatoms. The Kier molecular flexibility index (Phi) is 2.76. The minimum absolute atomic E-state index is 0.125. The maximum Gasteiger partial charge on any atom is 0.200 e. The number of Topliss-reactive ketones (excluding diaryl/α,β-unsaturated/α-hetero) is 1. The number of allylic oxidation sites excluding steroid dienone is 1. The fraction of sp³-hybridized carbons (Fsp3) is 0.0556. The van der Waals surface area contributed by atoms with Gasteiger partial charge in [-0.1, -0.05) is 42.1 Å². The normalized spacial score (nSPS) is 15.9. The van der Waals surface area contributed by atoms with E-state index in [2.05, 4.69) is 17.1 Å². The summed E-state index contributed by atoms with van der Waals surface area (Å²) in [5.74, 6) is 0.125. The third-order valence-electron chi connectivity index (χ3n) is 3.79. The molecule has 0 saturated carbocycles.